The third kappa shape index (κ3) is 11.7. The number of carboxylic acids is 1. The number of carbonyl (C=O) groups is 4. The van der Waals surface area contributed by atoms with E-state index >= 15 is 0 Å². The van der Waals surface area contributed by atoms with Crippen molar-refractivity contribution in [2.75, 3.05) is 19.1 Å². The smallest absolute Gasteiger partial charge is 0.322 e. The lowest BCUT2D eigenvalue weighted by atomic mass is 10.1. The van der Waals surface area contributed by atoms with Crippen molar-refractivity contribution in [3.05, 3.63) is 60.5 Å². The van der Waals surface area contributed by atoms with Crippen LogP contribution in [0, 0.1) is 0 Å². The lowest BCUT2D eigenvalue weighted by Gasteiger charge is -2.46. The van der Waals surface area contributed by atoms with Crippen LogP contribution in [0.4, 0.5) is 0 Å². The Kier molecular flexibility index (Phi) is 15.3. The summed E-state index contributed by atoms with van der Waals surface area (Å²) in [5, 5.41) is 18.3. The molecule has 2 aromatic rings. The molecule has 1 aromatic carbocycles. The number of nitrogens with zero attached hydrogens (tertiary/aromatic N) is 2. The number of rotatable bonds is 12. The molecule has 0 radical (unpaired) electrons. The van der Waals surface area contributed by atoms with Crippen LogP contribution in [0.5, 0.6) is 0 Å². The average Bonchev–Trinajstić information content (AvgIpc) is 3.04. The zero-order chi connectivity index (χ0) is 36.2. The third-order valence-electron chi connectivity index (χ3n) is 8.38. The molecule has 3 amide bonds. The molecule has 0 spiro atoms. The fourth-order valence-electron chi connectivity index (χ4n) is 4.69. The molecular formula is C36H55N5O6S. The van der Waals surface area contributed by atoms with E-state index in [1.54, 1.807) is 32.1 Å². The summed E-state index contributed by atoms with van der Waals surface area (Å²) in [5.74, 6) is -2.36. The summed E-state index contributed by atoms with van der Waals surface area (Å²) in [6.07, 6.45) is 12.6. The Morgan fingerprint density at radius 3 is 2.44 bits per heavy atom. The number of carboxylic acid groups (broad SMARTS) is 1. The minimum absolute atomic E-state index is 0.116. The van der Waals surface area contributed by atoms with Crippen molar-refractivity contribution in [3.63, 3.8) is 0 Å². The Hall–Kier alpha value is -3.74. The maximum atomic E-state index is 13.2. The second-order valence-corrected chi connectivity index (χ2v) is 17.1. The zero-order valence-corrected chi connectivity index (χ0v) is 30.8. The summed E-state index contributed by atoms with van der Waals surface area (Å²) < 4.78 is 6.15. The van der Waals surface area contributed by atoms with Gasteiger partial charge in [0.25, 0.3) is 5.91 Å². The SMILES string of the molecule is C/C=C/CC(=O)NC(C(=O)NC(C)C(=O)N1CCCC(C(=O)O)N1)C(C)OS(C)(C)C(C)(C)C.C=Cc1cc2cc(CC)ccc2cn1. The highest BCUT2D eigenvalue weighted by Crippen LogP contribution is 2.54. The van der Waals surface area contributed by atoms with Crippen LogP contribution in [0.2, 0.25) is 0 Å². The van der Waals surface area contributed by atoms with Gasteiger partial charge in [0.15, 0.2) is 0 Å². The van der Waals surface area contributed by atoms with E-state index in [0.29, 0.717) is 19.4 Å². The molecule has 1 aromatic heterocycles. The first-order valence-electron chi connectivity index (χ1n) is 16.4. The third-order valence-corrected chi connectivity index (χ3v) is 12.1. The first-order valence-corrected chi connectivity index (χ1v) is 18.7. The van der Waals surface area contributed by atoms with Gasteiger partial charge in [0, 0.05) is 29.3 Å². The van der Waals surface area contributed by atoms with E-state index < -0.39 is 52.3 Å². The predicted molar refractivity (Wildman–Crippen MR) is 195 cm³/mol. The van der Waals surface area contributed by atoms with Crippen molar-refractivity contribution in [1.29, 1.82) is 0 Å². The molecule has 2 heterocycles. The molecule has 3 rings (SSSR count). The molecule has 11 nitrogen and oxygen atoms in total. The first-order chi connectivity index (χ1) is 22.4. The number of aromatic nitrogens is 1. The first kappa shape index (κ1) is 40.4. The number of hydrogen-bond acceptors (Lipinski definition) is 7. The number of benzene rings is 1. The highest BCUT2D eigenvalue weighted by atomic mass is 32.3. The molecule has 0 saturated carbocycles. The second-order valence-electron chi connectivity index (χ2n) is 13.2. The molecule has 4 unspecified atom stereocenters. The van der Waals surface area contributed by atoms with Crippen molar-refractivity contribution >= 4 is 50.8 Å². The molecule has 266 valence electrons. The number of nitrogens with one attached hydrogen (secondary N) is 3. The van der Waals surface area contributed by atoms with Gasteiger partial charge in [-0.2, -0.15) is 0 Å². The van der Waals surface area contributed by atoms with Crippen LogP contribution < -0.4 is 16.1 Å². The van der Waals surface area contributed by atoms with Crippen molar-refractivity contribution < 1.29 is 28.5 Å². The van der Waals surface area contributed by atoms with Crippen LogP contribution in [0.1, 0.15) is 79.0 Å². The van der Waals surface area contributed by atoms with E-state index in [1.807, 2.05) is 18.7 Å². The maximum Gasteiger partial charge on any atom is 0.322 e. The Balaban J connectivity index is 0.000000469. The Morgan fingerprint density at radius 2 is 1.85 bits per heavy atom. The van der Waals surface area contributed by atoms with Crippen molar-refractivity contribution in [3.8, 4) is 0 Å². The molecule has 1 aliphatic rings. The summed E-state index contributed by atoms with van der Waals surface area (Å²) in [7, 11) is -1.59. The Morgan fingerprint density at radius 1 is 1.17 bits per heavy atom. The summed E-state index contributed by atoms with van der Waals surface area (Å²) in [6.45, 7) is 17.5. The van der Waals surface area contributed by atoms with Gasteiger partial charge in [-0.3, -0.25) is 29.2 Å². The molecule has 12 heteroatoms. The maximum absolute atomic E-state index is 13.2. The predicted octanol–water partition coefficient (Wildman–Crippen LogP) is 5.15. The lowest BCUT2D eigenvalue weighted by Crippen LogP contribution is -2.61. The van der Waals surface area contributed by atoms with Gasteiger partial charge in [-0.05, 0) is 75.6 Å². The molecule has 0 aliphatic carbocycles. The highest BCUT2D eigenvalue weighted by Gasteiger charge is 2.37. The minimum Gasteiger partial charge on any atom is -0.480 e. The van der Waals surface area contributed by atoms with Crippen molar-refractivity contribution in [1.82, 2.24) is 26.1 Å². The topological polar surface area (TPSA) is 150 Å². The van der Waals surface area contributed by atoms with Gasteiger partial charge < -0.3 is 19.9 Å². The van der Waals surface area contributed by atoms with Gasteiger partial charge in [-0.15, -0.1) is 10.3 Å². The molecular weight excluding hydrogens is 630 g/mol. The van der Waals surface area contributed by atoms with Crippen LogP contribution >= 0.6 is 10.3 Å². The quantitative estimate of drug-likeness (QED) is 0.224. The van der Waals surface area contributed by atoms with Gasteiger partial charge >= 0.3 is 5.97 Å². The number of carbonyl (C=O) groups excluding carboxylic acids is 3. The molecule has 4 N–H and O–H groups in total. The summed E-state index contributed by atoms with van der Waals surface area (Å²) in [5.41, 5.74) is 4.99. The normalized spacial score (nSPS) is 17.4. The fraction of sp³-hybridized carbons (Fsp3) is 0.528. The second kappa shape index (κ2) is 18.1. The lowest BCUT2D eigenvalue weighted by molar-refractivity contribution is -0.148. The van der Waals surface area contributed by atoms with E-state index in [9.17, 15) is 24.3 Å². The van der Waals surface area contributed by atoms with Crippen LogP contribution in [-0.4, -0.2) is 86.8 Å². The largest absolute Gasteiger partial charge is 0.480 e. The van der Waals surface area contributed by atoms with Gasteiger partial charge in [0.05, 0.1) is 11.8 Å². The van der Waals surface area contributed by atoms with Gasteiger partial charge in [-0.1, -0.05) is 64.6 Å². The average molecular weight is 686 g/mol. The molecule has 4 atom stereocenters. The van der Waals surface area contributed by atoms with Crippen LogP contribution in [0.3, 0.4) is 0 Å². The number of amides is 3. The van der Waals surface area contributed by atoms with Gasteiger partial charge in [0.2, 0.25) is 11.8 Å². The number of aliphatic carboxylic acids is 1. The van der Waals surface area contributed by atoms with E-state index in [4.69, 9.17) is 4.18 Å². The standard InChI is InChI=1S/C23H42N4O6S.C13H13N/c1-9-10-13-18(28)25-19(16(3)33-34(7,8)23(4,5)6)20(29)24-15(2)21(30)27-14-11-12-17(26-27)22(31)32;1-3-10-5-6-11-9-14-13(4-2)8-12(11)7-10/h9-10,15-17,19,26H,11-14H2,1-8H3,(H,24,29)(H,25,28)(H,31,32);4-9H,2-3H2,1H3/b10-9+;. The summed E-state index contributed by atoms with van der Waals surface area (Å²) in [6, 6.07) is 5.76. The molecule has 1 saturated heterocycles. The zero-order valence-electron chi connectivity index (χ0n) is 30.0. The van der Waals surface area contributed by atoms with Gasteiger partial charge in [0.1, 0.15) is 18.1 Å². The Bertz CT molecular complexity index is 1470. The van der Waals surface area contributed by atoms with Crippen LogP contribution in [0.25, 0.3) is 16.8 Å². The summed E-state index contributed by atoms with van der Waals surface area (Å²) in [4.78, 5) is 54.0. The number of aryl methyl sites for hydroxylation is 1. The number of allylic oxidation sites excluding steroid dienone is 1. The number of hydrogen-bond donors (Lipinski definition) is 4. The number of fused-ring (bicyclic) bond motifs is 1. The van der Waals surface area contributed by atoms with Crippen LogP contribution in [-0.2, 0) is 29.8 Å². The minimum atomic E-state index is -1.59. The van der Waals surface area contributed by atoms with E-state index in [1.165, 1.54) is 28.3 Å². The molecule has 48 heavy (non-hydrogen) atoms. The van der Waals surface area contributed by atoms with Crippen LogP contribution in [0.15, 0.2) is 49.2 Å². The molecule has 1 fully saturated rings. The Labute approximate surface area is 287 Å². The van der Waals surface area contributed by atoms with E-state index in [-0.39, 0.29) is 17.1 Å². The van der Waals surface area contributed by atoms with E-state index in [0.717, 1.165) is 12.1 Å². The number of hydrazine groups is 1. The summed E-state index contributed by atoms with van der Waals surface area (Å²) >= 11 is 0. The van der Waals surface area contributed by atoms with Gasteiger partial charge in [-0.25, -0.2) is 5.43 Å². The van der Waals surface area contributed by atoms with E-state index in [2.05, 4.69) is 79.6 Å². The number of pyridine rings is 1. The van der Waals surface area contributed by atoms with Crippen molar-refractivity contribution in [2.24, 2.45) is 0 Å². The highest BCUT2D eigenvalue weighted by molar-refractivity contribution is 8.29. The monoisotopic (exact) mass is 685 g/mol. The molecule has 1 aliphatic heterocycles. The van der Waals surface area contributed by atoms with Crippen molar-refractivity contribution in [2.45, 2.75) is 103 Å². The fourth-order valence-corrected chi connectivity index (χ4v) is 5.85. The molecule has 0 bridgehead atoms.